The van der Waals surface area contributed by atoms with Crippen LogP contribution < -0.4 is 5.32 Å². The van der Waals surface area contributed by atoms with Crippen molar-refractivity contribution in [3.8, 4) is 11.4 Å². The molecule has 2 aromatic heterocycles. The fourth-order valence-corrected chi connectivity index (χ4v) is 8.86. The molecule has 2 aliphatic carbocycles. The van der Waals surface area contributed by atoms with Crippen LogP contribution >= 0.6 is 11.3 Å². The highest BCUT2D eigenvalue weighted by molar-refractivity contribution is 7.14. The molecule has 1 N–H and O–H groups in total. The highest BCUT2D eigenvalue weighted by atomic mass is 32.1. The van der Waals surface area contributed by atoms with Crippen LogP contribution in [-0.4, -0.2) is 52.1 Å². The van der Waals surface area contributed by atoms with Gasteiger partial charge in [0.1, 0.15) is 12.3 Å². The number of rotatable bonds is 10. The fraction of sp³-hybridized carbons (Fsp3) is 0.537. The van der Waals surface area contributed by atoms with Crippen LogP contribution in [0.1, 0.15) is 111 Å². The predicted octanol–water partition coefficient (Wildman–Crippen LogP) is 8.29. The first-order valence-electron chi connectivity index (χ1n) is 18.4. The number of allylic oxidation sites excluding steroid dienone is 2. The minimum absolute atomic E-state index is 0.0622. The molecule has 0 bridgehead atoms. The number of amides is 2. The normalized spacial score (nSPS) is 23.5. The van der Waals surface area contributed by atoms with Gasteiger partial charge < -0.3 is 15.0 Å². The number of carbonyl (C=O) groups excluding carboxylic acids is 3. The van der Waals surface area contributed by atoms with Crippen molar-refractivity contribution in [2.24, 2.45) is 23.7 Å². The Balaban J connectivity index is 1.10. The van der Waals surface area contributed by atoms with Crippen LogP contribution in [0, 0.1) is 23.7 Å². The number of aldehydes is 1. The third-order valence-corrected chi connectivity index (χ3v) is 12.7. The maximum absolute atomic E-state index is 13.7. The van der Waals surface area contributed by atoms with Gasteiger partial charge in [-0.15, -0.1) is 11.3 Å². The molecule has 260 valence electrons. The van der Waals surface area contributed by atoms with Crippen molar-refractivity contribution >= 4 is 35.0 Å². The molecule has 0 spiro atoms. The van der Waals surface area contributed by atoms with Gasteiger partial charge in [0.05, 0.1) is 4.88 Å². The summed E-state index contributed by atoms with van der Waals surface area (Å²) in [5, 5.41) is 3.03. The van der Waals surface area contributed by atoms with Crippen molar-refractivity contribution in [3.05, 3.63) is 75.7 Å². The first kappa shape index (κ1) is 35.2. The number of hydrogen-bond acceptors (Lipinski definition) is 6. The molecule has 2 fully saturated rings. The average molecular weight is 681 g/mol. The summed E-state index contributed by atoms with van der Waals surface area (Å²) in [7, 11) is 0. The van der Waals surface area contributed by atoms with Gasteiger partial charge in [0.2, 0.25) is 5.91 Å². The van der Waals surface area contributed by atoms with E-state index < -0.39 is 6.04 Å². The van der Waals surface area contributed by atoms with Crippen LogP contribution in [0.2, 0.25) is 0 Å². The van der Waals surface area contributed by atoms with Crippen LogP contribution in [0.15, 0.2) is 54.9 Å². The molecule has 3 aromatic rings. The van der Waals surface area contributed by atoms with Crippen molar-refractivity contribution in [2.75, 3.05) is 13.1 Å². The van der Waals surface area contributed by atoms with Gasteiger partial charge in [0.25, 0.3) is 5.91 Å². The smallest absolute Gasteiger partial charge is 0.262 e. The molecule has 8 heteroatoms. The number of nitrogens with one attached hydrogen (secondary N) is 1. The molecule has 2 amide bonds. The Kier molecular flexibility index (Phi) is 11.1. The third-order valence-electron chi connectivity index (χ3n) is 11.2. The lowest BCUT2D eigenvalue weighted by Crippen LogP contribution is -2.49. The van der Waals surface area contributed by atoms with Crippen molar-refractivity contribution in [1.29, 1.82) is 0 Å². The standard InChI is InChI=1S/C41H52N4O3S/c1-5-27-6-10-30(11-7-27)31-14-16-32(17-15-31)34-23-42-38(43-24-34)33-12-8-28(9-13-33)22-35(40(48)45-21-20-29(25-45)26-46)44-39(47)36-18-19-37(49-36)41(2,3)4/h8-9,12-13,16,18-19,23-24,26-27,29-31,35H,5-7,10-11,14-15,17,20-22,25H2,1-4H3,(H,44,47)/t27-,29-,30-,31?,35-/m0/s1. The summed E-state index contributed by atoms with van der Waals surface area (Å²) in [6.45, 7) is 9.61. The van der Waals surface area contributed by atoms with Gasteiger partial charge in [-0.2, -0.15) is 0 Å². The molecule has 6 rings (SSSR count). The molecule has 1 saturated heterocycles. The first-order valence-corrected chi connectivity index (χ1v) is 19.2. The Morgan fingerprint density at radius 3 is 2.29 bits per heavy atom. The molecule has 3 heterocycles. The summed E-state index contributed by atoms with van der Waals surface area (Å²) in [5.74, 6) is 2.78. The predicted molar refractivity (Wildman–Crippen MR) is 197 cm³/mol. The van der Waals surface area contributed by atoms with Gasteiger partial charge in [-0.1, -0.05) is 77.3 Å². The highest BCUT2D eigenvalue weighted by Crippen LogP contribution is 2.41. The molecular formula is C41H52N4O3S. The summed E-state index contributed by atoms with van der Waals surface area (Å²) in [4.78, 5) is 51.3. The van der Waals surface area contributed by atoms with Crippen molar-refractivity contribution in [3.63, 3.8) is 0 Å². The number of benzene rings is 1. The fourth-order valence-electron chi connectivity index (χ4n) is 7.89. The Morgan fingerprint density at radius 2 is 1.69 bits per heavy atom. The van der Waals surface area contributed by atoms with Crippen LogP contribution in [-0.2, 0) is 21.4 Å². The van der Waals surface area contributed by atoms with Gasteiger partial charge in [0.15, 0.2) is 5.82 Å². The third kappa shape index (κ3) is 8.57. The molecule has 1 saturated carbocycles. The number of hydrogen-bond donors (Lipinski definition) is 1. The molecule has 1 aromatic carbocycles. The molecule has 3 atom stereocenters. The van der Waals surface area contributed by atoms with Gasteiger partial charge >= 0.3 is 0 Å². The SMILES string of the molecule is CC[C@H]1CC[C@H](C2CC=C(c3cnc(-c4ccc(C[C@H](NC(=O)c5ccc(C(C)(C)C)s5)C(=O)N5CC[C@H](C=O)C5)cc4)nc3)CC2)CC1. The second-order valence-corrected chi connectivity index (χ2v) is 16.6. The zero-order valence-corrected chi connectivity index (χ0v) is 30.4. The summed E-state index contributed by atoms with van der Waals surface area (Å²) in [6, 6.07) is 11.0. The monoisotopic (exact) mass is 680 g/mol. The summed E-state index contributed by atoms with van der Waals surface area (Å²) in [5.41, 5.74) is 4.26. The van der Waals surface area contributed by atoms with Crippen molar-refractivity contribution in [1.82, 2.24) is 20.2 Å². The van der Waals surface area contributed by atoms with Gasteiger partial charge in [-0.3, -0.25) is 9.59 Å². The van der Waals surface area contributed by atoms with E-state index in [4.69, 9.17) is 9.97 Å². The topological polar surface area (TPSA) is 92.3 Å². The van der Waals surface area contributed by atoms with E-state index in [-0.39, 0.29) is 23.1 Å². The van der Waals surface area contributed by atoms with E-state index in [1.54, 1.807) is 4.90 Å². The maximum Gasteiger partial charge on any atom is 0.262 e. The minimum Gasteiger partial charge on any atom is -0.340 e. The van der Waals surface area contributed by atoms with E-state index in [0.717, 1.165) is 52.0 Å². The Labute approximate surface area is 296 Å². The number of aromatic nitrogens is 2. The number of thiophene rings is 1. The van der Waals surface area contributed by atoms with Crippen molar-refractivity contribution < 1.29 is 14.4 Å². The molecule has 3 aliphatic rings. The maximum atomic E-state index is 13.7. The van der Waals surface area contributed by atoms with Gasteiger partial charge in [0, 0.05) is 53.8 Å². The van der Waals surface area contributed by atoms with E-state index in [1.807, 2.05) is 48.8 Å². The average Bonchev–Trinajstić information content (AvgIpc) is 3.83. The Bertz CT molecular complexity index is 1630. The van der Waals surface area contributed by atoms with Crippen LogP contribution in [0.25, 0.3) is 17.0 Å². The van der Waals surface area contributed by atoms with Crippen LogP contribution in [0.3, 0.4) is 0 Å². The van der Waals surface area contributed by atoms with E-state index in [0.29, 0.717) is 36.6 Å². The molecule has 7 nitrogen and oxygen atoms in total. The molecule has 1 unspecified atom stereocenters. The first-order chi connectivity index (χ1) is 23.6. The summed E-state index contributed by atoms with van der Waals surface area (Å²) >= 11 is 1.46. The zero-order chi connectivity index (χ0) is 34.5. The number of carbonyl (C=O) groups is 3. The molecule has 1 aliphatic heterocycles. The minimum atomic E-state index is -0.741. The Hall–Kier alpha value is -3.65. The Morgan fingerprint density at radius 1 is 0.959 bits per heavy atom. The van der Waals surface area contributed by atoms with Crippen molar-refractivity contribution in [2.45, 2.75) is 103 Å². The molecule has 49 heavy (non-hydrogen) atoms. The number of likely N-dealkylation sites (tertiary alicyclic amines) is 1. The second-order valence-electron chi connectivity index (χ2n) is 15.6. The quantitative estimate of drug-likeness (QED) is 0.218. The second kappa shape index (κ2) is 15.5. The van der Waals surface area contributed by atoms with Gasteiger partial charge in [-0.05, 0) is 85.0 Å². The van der Waals surface area contributed by atoms with Gasteiger partial charge in [-0.25, -0.2) is 9.97 Å². The van der Waals surface area contributed by atoms with E-state index in [2.05, 4.69) is 39.1 Å². The van der Waals surface area contributed by atoms with E-state index >= 15 is 0 Å². The summed E-state index contributed by atoms with van der Waals surface area (Å²) in [6.07, 6.45) is 18.8. The number of nitrogens with zero attached hydrogens (tertiary/aromatic N) is 3. The highest BCUT2D eigenvalue weighted by Gasteiger charge is 2.33. The lowest BCUT2D eigenvalue weighted by molar-refractivity contribution is -0.132. The lowest BCUT2D eigenvalue weighted by Gasteiger charge is -2.35. The van der Waals surface area contributed by atoms with E-state index in [9.17, 15) is 14.4 Å². The summed E-state index contributed by atoms with van der Waals surface area (Å²) < 4.78 is 0. The molecule has 0 radical (unpaired) electrons. The van der Waals surface area contributed by atoms with Crippen LogP contribution in [0.5, 0.6) is 0 Å². The van der Waals surface area contributed by atoms with E-state index in [1.165, 1.54) is 61.9 Å². The lowest BCUT2D eigenvalue weighted by atomic mass is 9.71. The zero-order valence-electron chi connectivity index (χ0n) is 29.6. The van der Waals surface area contributed by atoms with Crippen LogP contribution in [0.4, 0.5) is 0 Å². The largest absolute Gasteiger partial charge is 0.340 e. The molecular weight excluding hydrogens is 629 g/mol.